The highest BCUT2D eigenvalue weighted by Gasteiger charge is 2.15. The highest BCUT2D eigenvalue weighted by Crippen LogP contribution is 2.08. The van der Waals surface area contributed by atoms with Crippen LogP contribution in [-0.4, -0.2) is 39.5 Å². The Bertz CT molecular complexity index is 954. The smallest absolute Gasteiger partial charge is 0.328 e. The molecule has 0 unspecified atom stereocenters. The van der Waals surface area contributed by atoms with E-state index in [0.29, 0.717) is 30.4 Å². The molecule has 0 aliphatic carbocycles. The lowest BCUT2D eigenvalue weighted by molar-refractivity contribution is 0.215. The molecule has 0 aliphatic heterocycles. The maximum atomic E-state index is 12.5. The van der Waals surface area contributed by atoms with Crippen molar-refractivity contribution in [2.24, 2.45) is 14.1 Å². The van der Waals surface area contributed by atoms with Crippen LogP contribution in [0.5, 0.6) is 0 Å². The monoisotopic (exact) mass is 358 g/mol. The molecule has 0 fully saturated rings. The molecule has 0 aliphatic rings. The number of rotatable bonds is 7. The Morgan fingerprint density at radius 1 is 1.25 bits per heavy atom. The van der Waals surface area contributed by atoms with Crippen molar-refractivity contribution in [3.8, 4) is 0 Å². The van der Waals surface area contributed by atoms with E-state index in [-0.39, 0.29) is 12.1 Å². The fourth-order valence-corrected chi connectivity index (χ4v) is 3.33. The molecule has 0 radical (unpaired) electrons. The molecule has 0 bridgehead atoms. The molecule has 2 heterocycles. The molecule has 0 amide bonds. The lowest BCUT2D eigenvalue weighted by atomic mass is 10.2. The SMILES string of the molecule is C[C@@H](CCCCn1c(=O)c2c(ncn2C)n(C)c1=O)OS(C)(=O)=O. The van der Waals surface area contributed by atoms with E-state index < -0.39 is 21.9 Å². The molecule has 0 saturated heterocycles. The molecular formula is C14H22N4O5S. The van der Waals surface area contributed by atoms with Gasteiger partial charge in [-0.05, 0) is 26.2 Å². The first-order valence-corrected chi connectivity index (χ1v) is 9.42. The van der Waals surface area contributed by atoms with Gasteiger partial charge in [-0.15, -0.1) is 0 Å². The maximum absolute atomic E-state index is 12.5. The molecular weight excluding hydrogens is 336 g/mol. The van der Waals surface area contributed by atoms with E-state index >= 15 is 0 Å². The lowest BCUT2D eigenvalue weighted by Crippen LogP contribution is -2.39. The highest BCUT2D eigenvalue weighted by atomic mass is 32.2. The largest absolute Gasteiger partial charge is 0.332 e. The average molecular weight is 358 g/mol. The summed E-state index contributed by atoms with van der Waals surface area (Å²) in [5, 5.41) is 0. The Balaban J connectivity index is 2.10. The molecule has 2 aromatic heterocycles. The van der Waals surface area contributed by atoms with Gasteiger partial charge in [0.1, 0.15) is 0 Å². The van der Waals surface area contributed by atoms with Crippen molar-refractivity contribution in [3.05, 3.63) is 27.2 Å². The van der Waals surface area contributed by atoms with E-state index in [4.69, 9.17) is 4.18 Å². The average Bonchev–Trinajstić information content (AvgIpc) is 2.84. The van der Waals surface area contributed by atoms with Crippen molar-refractivity contribution in [1.82, 2.24) is 18.7 Å². The van der Waals surface area contributed by atoms with Crippen LogP contribution in [0.4, 0.5) is 0 Å². The Labute approximate surface area is 139 Å². The second-order valence-corrected chi connectivity index (χ2v) is 7.53. The number of fused-ring (bicyclic) bond motifs is 1. The van der Waals surface area contributed by atoms with Gasteiger partial charge >= 0.3 is 5.69 Å². The molecule has 9 nitrogen and oxygen atoms in total. The molecule has 10 heteroatoms. The Kier molecular flexibility index (Phi) is 5.29. The highest BCUT2D eigenvalue weighted by molar-refractivity contribution is 7.86. The second kappa shape index (κ2) is 6.89. The number of hydrogen-bond acceptors (Lipinski definition) is 6. The van der Waals surface area contributed by atoms with Gasteiger partial charge in [-0.25, -0.2) is 9.78 Å². The van der Waals surface area contributed by atoms with Crippen molar-refractivity contribution in [2.45, 2.75) is 38.8 Å². The van der Waals surface area contributed by atoms with Crippen molar-refractivity contribution in [3.63, 3.8) is 0 Å². The number of hydrogen-bond donors (Lipinski definition) is 0. The summed E-state index contributed by atoms with van der Waals surface area (Å²) >= 11 is 0. The molecule has 0 spiro atoms. The Hall–Kier alpha value is -1.94. The number of nitrogens with zero attached hydrogens (tertiary/aromatic N) is 4. The third-order valence-electron chi connectivity index (χ3n) is 3.78. The molecule has 1 atom stereocenters. The Morgan fingerprint density at radius 2 is 1.92 bits per heavy atom. The summed E-state index contributed by atoms with van der Waals surface area (Å²) in [5.41, 5.74) is -0.0371. The summed E-state index contributed by atoms with van der Waals surface area (Å²) in [6.07, 6.45) is 3.80. The number of aromatic nitrogens is 4. The van der Waals surface area contributed by atoms with Crippen LogP contribution in [-0.2, 0) is 34.9 Å². The molecule has 0 saturated carbocycles. The molecule has 134 valence electrons. The minimum Gasteiger partial charge on any atom is -0.328 e. The predicted molar refractivity (Wildman–Crippen MR) is 89.5 cm³/mol. The summed E-state index contributed by atoms with van der Waals surface area (Å²) in [6.45, 7) is 1.94. The minimum atomic E-state index is -3.47. The van der Waals surface area contributed by atoms with Crippen molar-refractivity contribution < 1.29 is 12.6 Å². The fraction of sp³-hybridized carbons (Fsp3) is 0.643. The summed E-state index contributed by atoms with van der Waals surface area (Å²) < 4.78 is 31.0. The molecule has 2 rings (SSSR count). The molecule has 0 N–H and O–H groups in total. The van der Waals surface area contributed by atoms with E-state index in [1.165, 1.54) is 15.5 Å². The van der Waals surface area contributed by atoms with Gasteiger partial charge in [0.05, 0.1) is 18.7 Å². The second-order valence-electron chi connectivity index (χ2n) is 5.93. The van der Waals surface area contributed by atoms with E-state index in [0.717, 1.165) is 6.26 Å². The van der Waals surface area contributed by atoms with Crippen LogP contribution < -0.4 is 11.2 Å². The zero-order valence-electron chi connectivity index (χ0n) is 14.2. The normalized spacial score (nSPS) is 13.5. The van der Waals surface area contributed by atoms with Crippen molar-refractivity contribution in [2.75, 3.05) is 6.26 Å². The lowest BCUT2D eigenvalue weighted by Gasteiger charge is -2.11. The number of unbranched alkanes of at least 4 members (excludes halogenated alkanes) is 1. The van der Waals surface area contributed by atoms with Crippen molar-refractivity contribution >= 4 is 21.3 Å². The van der Waals surface area contributed by atoms with Gasteiger partial charge in [0, 0.05) is 20.6 Å². The zero-order chi connectivity index (χ0) is 18.1. The van der Waals surface area contributed by atoms with E-state index in [2.05, 4.69) is 4.98 Å². The molecule has 2 aromatic rings. The first-order chi connectivity index (χ1) is 11.1. The van der Waals surface area contributed by atoms with Gasteiger partial charge in [-0.3, -0.25) is 18.1 Å². The van der Waals surface area contributed by atoms with Crippen LogP contribution in [0.1, 0.15) is 26.2 Å². The fourth-order valence-electron chi connectivity index (χ4n) is 2.64. The number of aryl methyl sites for hydroxylation is 2. The van der Waals surface area contributed by atoms with Crippen LogP contribution in [0.2, 0.25) is 0 Å². The number of imidazole rings is 1. The van der Waals surface area contributed by atoms with Gasteiger partial charge in [0.25, 0.3) is 15.7 Å². The van der Waals surface area contributed by atoms with Crippen LogP contribution in [0, 0.1) is 0 Å². The Morgan fingerprint density at radius 3 is 2.54 bits per heavy atom. The summed E-state index contributed by atoms with van der Waals surface area (Å²) in [6, 6.07) is 0. The van der Waals surface area contributed by atoms with Crippen molar-refractivity contribution in [1.29, 1.82) is 0 Å². The maximum Gasteiger partial charge on any atom is 0.332 e. The zero-order valence-corrected chi connectivity index (χ0v) is 15.0. The summed E-state index contributed by atoms with van der Waals surface area (Å²) in [5.74, 6) is 0. The summed E-state index contributed by atoms with van der Waals surface area (Å²) in [4.78, 5) is 28.9. The topological polar surface area (TPSA) is 105 Å². The minimum absolute atomic E-state index is 0.262. The van der Waals surface area contributed by atoms with Crippen LogP contribution in [0.25, 0.3) is 11.2 Å². The van der Waals surface area contributed by atoms with Gasteiger partial charge < -0.3 is 4.57 Å². The van der Waals surface area contributed by atoms with Crippen LogP contribution >= 0.6 is 0 Å². The van der Waals surface area contributed by atoms with E-state index in [1.54, 1.807) is 25.6 Å². The molecule has 0 aromatic carbocycles. The third-order valence-corrected chi connectivity index (χ3v) is 4.46. The van der Waals surface area contributed by atoms with Gasteiger partial charge in [0.15, 0.2) is 11.2 Å². The van der Waals surface area contributed by atoms with Crippen LogP contribution in [0.3, 0.4) is 0 Å². The van der Waals surface area contributed by atoms with Gasteiger partial charge in [-0.2, -0.15) is 8.42 Å². The van der Waals surface area contributed by atoms with Gasteiger partial charge in [-0.1, -0.05) is 0 Å². The van der Waals surface area contributed by atoms with Gasteiger partial charge in [0.2, 0.25) is 0 Å². The third kappa shape index (κ3) is 3.93. The summed E-state index contributed by atoms with van der Waals surface area (Å²) in [7, 11) is -0.190. The standard InChI is InChI=1S/C14H22N4O5S/c1-10(23-24(4,21)22)7-5-6-8-18-13(19)11-12(15-9-16(11)2)17(3)14(18)20/h9-10H,5-8H2,1-4H3/t10-/m0/s1. The first-order valence-electron chi connectivity index (χ1n) is 7.61. The first kappa shape index (κ1) is 18.4. The predicted octanol–water partition coefficient (Wildman–Crippen LogP) is -0.0313. The quantitative estimate of drug-likeness (QED) is 0.508. The van der Waals surface area contributed by atoms with E-state index in [1.807, 2.05) is 0 Å². The van der Waals surface area contributed by atoms with Crippen LogP contribution in [0.15, 0.2) is 15.9 Å². The molecule has 24 heavy (non-hydrogen) atoms. The van der Waals surface area contributed by atoms with E-state index in [9.17, 15) is 18.0 Å².